The Balaban J connectivity index is 1.51. The van der Waals surface area contributed by atoms with Gasteiger partial charge in [0.05, 0.1) is 18.4 Å². The molecule has 0 bridgehead atoms. The molecular weight excluding hydrogens is 461 g/mol. The molecule has 1 atom stereocenters. The lowest BCUT2D eigenvalue weighted by atomic mass is 10.0. The monoisotopic (exact) mass is 482 g/mol. The van der Waals surface area contributed by atoms with Crippen LogP contribution in [0.4, 0.5) is 24.5 Å². The molecule has 0 amide bonds. The zero-order valence-corrected chi connectivity index (χ0v) is 18.3. The van der Waals surface area contributed by atoms with Crippen molar-refractivity contribution in [2.45, 2.75) is 24.7 Å². The van der Waals surface area contributed by atoms with Crippen LogP contribution in [0.25, 0.3) is 11.4 Å². The molecule has 2 heterocycles. The third-order valence-electron chi connectivity index (χ3n) is 5.31. The van der Waals surface area contributed by atoms with Crippen molar-refractivity contribution in [3.05, 3.63) is 54.1 Å². The van der Waals surface area contributed by atoms with Gasteiger partial charge in [-0.15, -0.1) is 10.2 Å². The molecule has 1 fully saturated rings. The maximum absolute atomic E-state index is 12.8. The lowest BCUT2D eigenvalue weighted by Crippen LogP contribution is -2.39. The molecule has 1 aromatic heterocycles. The zero-order valence-electron chi connectivity index (χ0n) is 17.5. The number of hydrogen-bond donors (Lipinski definition) is 2. The van der Waals surface area contributed by atoms with E-state index in [0.29, 0.717) is 16.9 Å². The smallest absolute Gasteiger partial charge is 0.386 e. The number of aromatic nitrogens is 4. The highest BCUT2D eigenvalue weighted by Crippen LogP contribution is 2.32. The largest absolute Gasteiger partial charge is 0.416 e. The van der Waals surface area contributed by atoms with Crippen LogP contribution in [0.5, 0.6) is 0 Å². The van der Waals surface area contributed by atoms with Crippen molar-refractivity contribution in [2.75, 3.05) is 24.7 Å². The molecule has 2 N–H and O–H groups in total. The van der Waals surface area contributed by atoms with Crippen LogP contribution in [0.2, 0.25) is 0 Å². The number of benzene rings is 2. The standard InChI is InChI=1S/C20H21F3N6O3S/c1-33(31,32)28-11-10-19(30,12-28)13-29-26-18(25-27-29)16-4-2-3-5-17(16)24-15-8-6-14(7-9-15)20(21,22)23/h2-9,24,30H,10-13H2,1H3. The summed E-state index contributed by atoms with van der Waals surface area (Å²) in [6.07, 6.45) is -3.09. The molecule has 1 saturated heterocycles. The fraction of sp³-hybridized carbons (Fsp3) is 0.350. The first kappa shape index (κ1) is 23.1. The lowest BCUT2D eigenvalue weighted by Gasteiger charge is -2.21. The first-order valence-corrected chi connectivity index (χ1v) is 11.8. The number of alkyl halides is 3. The van der Waals surface area contributed by atoms with Gasteiger partial charge in [-0.05, 0) is 48.0 Å². The SMILES string of the molecule is CS(=O)(=O)N1CCC(O)(Cn2nnc(-c3ccccc3Nc3ccc(C(F)(F)F)cc3)n2)C1. The molecule has 0 spiro atoms. The Labute approximate surface area is 187 Å². The number of hydrogen-bond acceptors (Lipinski definition) is 7. The minimum absolute atomic E-state index is 0.0412. The van der Waals surface area contributed by atoms with E-state index in [1.54, 1.807) is 24.3 Å². The van der Waals surface area contributed by atoms with E-state index < -0.39 is 27.4 Å². The minimum atomic E-state index is -4.42. The van der Waals surface area contributed by atoms with Crippen molar-refractivity contribution < 1.29 is 26.7 Å². The van der Waals surface area contributed by atoms with Gasteiger partial charge in [0.2, 0.25) is 15.8 Å². The van der Waals surface area contributed by atoms with Crippen LogP contribution in [0.3, 0.4) is 0 Å². The fourth-order valence-corrected chi connectivity index (χ4v) is 4.50. The van der Waals surface area contributed by atoms with Gasteiger partial charge in [0, 0.05) is 30.0 Å². The number of para-hydroxylation sites is 1. The summed E-state index contributed by atoms with van der Waals surface area (Å²) in [6, 6.07) is 11.6. The van der Waals surface area contributed by atoms with Crippen LogP contribution in [0, 0.1) is 0 Å². The number of β-amino-alcohol motifs (C(OH)–C–C–N with tert-alkyl or cyclic N) is 1. The highest BCUT2D eigenvalue weighted by atomic mass is 32.2. The summed E-state index contributed by atoms with van der Waals surface area (Å²) in [5.74, 6) is 0.242. The van der Waals surface area contributed by atoms with E-state index in [4.69, 9.17) is 0 Å². The van der Waals surface area contributed by atoms with Crippen molar-refractivity contribution >= 4 is 21.4 Å². The molecule has 13 heteroatoms. The van der Waals surface area contributed by atoms with Gasteiger partial charge in [0.15, 0.2) is 0 Å². The van der Waals surface area contributed by atoms with Gasteiger partial charge in [0.1, 0.15) is 5.60 Å². The molecule has 1 aliphatic heterocycles. The van der Waals surface area contributed by atoms with Crippen LogP contribution in [0.1, 0.15) is 12.0 Å². The Kier molecular flexibility index (Phi) is 5.88. The van der Waals surface area contributed by atoms with E-state index in [1.807, 2.05) is 0 Å². The Bertz CT molecular complexity index is 1250. The van der Waals surface area contributed by atoms with Gasteiger partial charge in [-0.3, -0.25) is 0 Å². The first-order valence-electron chi connectivity index (χ1n) is 9.92. The number of sulfonamides is 1. The molecule has 1 unspecified atom stereocenters. The third-order valence-corrected chi connectivity index (χ3v) is 6.56. The number of halogens is 3. The second kappa shape index (κ2) is 8.39. The van der Waals surface area contributed by atoms with Crippen LogP contribution in [-0.2, 0) is 22.7 Å². The van der Waals surface area contributed by atoms with E-state index in [-0.39, 0.29) is 31.9 Å². The molecule has 0 radical (unpaired) electrons. The summed E-state index contributed by atoms with van der Waals surface area (Å²) in [6.45, 7) is 0.103. The van der Waals surface area contributed by atoms with Crippen molar-refractivity contribution in [1.29, 1.82) is 0 Å². The van der Waals surface area contributed by atoms with Crippen LogP contribution in [-0.4, -0.2) is 63.0 Å². The van der Waals surface area contributed by atoms with E-state index in [1.165, 1.54) is 21.2 Å². The summed E-state index contributed by atoms with van der Waals surface area (Å²) in [7, 11) is -3.41. The van der Waals surface area contributed by atoms with E-state index in [9.17, 15) is 26.7 Å². The molecule has 1 aliphatic rings. The summed E-state index contributed by atoms with van der Waals surface area (Å²) < 4.78 is 63.0. The van der Waals surface area contributed by atoms with Crippen LogP contribution < -0.4 is 5.32 Å². The highest BCUT2D eigenvalue weighted by Gasteiger charge is 2.40. The Morgan fingerprint density at radius 1 is 1.15 bits per heavy atom. The van der Waals surface area contributed by atoms with Crippen LogP contribution >= 0.6 is 0 Å². The Morgan fingerprint density at radius 2 is 1.85 bits per heavy atom. The molecule has 176 valence electrons. The number of aliphatic hydroxyl groups is 1. The number of tetrazole rings is 1. The Hall–Kier alpha value is -3.03. The quantitative estimate of drug-likeness (QED) is 0.555. The first-order chi connectivity index (χ1) is 15.4. The number of nitrogens with zero attached hydrogens (tertiary/aromatic N) is 5. The van der Waals surface area contributed by atoms with Gasteiger partial charge in [-0.2, -0.15) is 22.3 Å². The summed E-state index contributed by atoms with van der Waals surface area (Å²) in [5, 5.41) is 26.1. The van der Waals surface area contributed by atoms with Gasteiger partial charge in [-0.25, -0.2) is 8.42 Å². The average Bonchev–Trinajstić information content (AvgIpc) is 3.35. The molecule has 4 rings (SSSR count). The molecule has 2 aromatic carbocycles. The highest BCUT2D eigenvalue weighted by molar-refractivity contribution is 7.88. The molecule has 9 nitrogen and oxygen atoms in total. The zero-order chi connectivity index (χ0) is 23.9. The number of rotatable bonds is 6. The van der Waals surface area contributed by atoms with Crippen molar-refractivity contribution in [1.82, 2.24) is 24.5 Å². The second-order valence-corrected chi connectivity index (χ2v) is 9.94. The topological polar surface area (TPSA) is 113 Å². The predicted molar refractivity (Wildman–Crippen MR) is 114 cm³/mol. The molecule has 0 aliphatic carbocycles. The molecular formula is C20H21F3N6O3S. The van der Waals surface area contributed by atoms with Gasteiger partial charge < -0.3 is 10.4 Å². The Morgan fingerprint density at radius 3 is 2.48 bits per heavy atom. The summed E-state index contributed by atoms with van der Waals surface area (Å²) in [5.41, 5.74) is -0.507. The second-order valence-electron chi connectivity index (χ2n) is 7.96. The van der Waals surface area contributed by atoms with E-state index >= 15 is 0 Å². The average molecular weight is 482 g/mol. The number of nitrogens with one attached hydrogen (secondary N) is 1. The predicted octanol–water partition coefficient (Wildman–Crippen LogP) is 2.50. The third kappa shape index (κ3) is 5.31. The van der Waals surface area contributed by atoms with E-state index in [0.717, 1.165) is 18.4 Å². The normalized spacial score (nSPS) is 19.7. The molecule has 33 heavy (non-hydrogen) atoms. The molecule has 0 saturated carbocycles. The van der Waals surface area contributed by atoms with Crippen molar-refractivity contribution in [2.24, 2.45) is 0 Å². The van der Waals surface area contributed by atoms with Crippen LogP contribution in [0.15, 0.2) is 48.5 Å². The minimum Gasteiger partial charge on any atom is -0.386 e. The molecule has 3 aromatic rings. The number of anilines is 2. The maximum Gasteiger partial charge on any atom is 0.416 e. The maximum atomic E-state index is 12.8. The van der Waals surface area contributed by atoms with E-state index in [2.05, 4.69) is 20.7 Å². The lowest BCUT2D eigenvalue weighted by molar-refractivity contribution is -0.137. The van der Waals surface area contributed by atoms with Gasteiger partial charge in [-0.1, -0.05) is 12.1 Å². The summed E-state index contributed by atoms with van der Waals surface area (Å²) in [4.78, 5) is 1.20. The fourth-order valence-electron chi connectivity index (χ4n) is 3.60. The van der Waals surface area contributed by atoms with Gasteiger partial charge >= 0.3 is 6.18 Å². The van der Waals surface area contributed by atoms with Crippen molar-refractivity contribution in [3.8, 4) is 11.4 Å². The van der Waals surface area contributed by atoms with Gasteiger partial charge in [0.25, 0.3) is 0 Å². The van der Waals surface area contributed by atoms with Crippen molar-refractivity contribution in [3.63, 3.8) is 0 Å². The summed E-state index contributed by atoms with van der Waals surface area (Å²) >= 11 is 0.